The summed E-state index contributed by atoms with van der Waals surface area (Å²) in [6, 6.07) is 10.7. The number of para-hydroxylation sites is 1. The molecule has 0 spiro atoms. The number of thiazole rings is 1. The maximum atomic E-state index is 13.1. The van der Waals surface area contributed by atoms with Gasteiger partial charge in [-0.15, -0.1) is 11.3 Å². The normalized spacial score (nSPS) is 15.4. The third-order valence-corrected chi connectivity index (χ3v) is 10.5. The summed E-state index contributed by atoms with van der Waals surface area (Å²) in [7, 11) is -3.60. The number of amides is 1. The van der Waals surface area contributed by atoms with Crippen molar-refractivity contribution in [1.29, 1.82) is 0 Å². The Morgan fingerprint density at radius 2 is 2.00 bits per heavy atom. The van der Waals surface area contributed by atoms with Gasteiger partial charge in [0.05, 0.1) is 21.3 Å². The fourth-order valence-corrected chi connectivity index (χ4v) is 8.21. The van der Waals surface area contributed by atoms with E-state index < -0.39 is 10.0 Å². The highest BCUT2D eigenvalue weighted by atomic mass is 35.5. The lowest BCUT2D eigenvalue weighted by molar-refractivity contribution is -0.120. The molecule has 5 rings (SSSR count). The zero-order valence-electron chi connectivity index (χ0n) is 19.6. The summed E-state index contributed by atoms with van der Waals surface area (Å²) in [6.07, 6.45) is 0.853. The smallest absolute Gasteiger partial charge is 0.252 e. The number of hydrogen-bond donors (Lipinski definition) is 1. The molecule has 13 heteroatoms. The SMILES string of the molecule is CCOc1cccc2sc(-n3nc(C)cc3NC(=O)C3CCN(S(=O)(=O)c4ccc(Cl)s4)CC3)nc12. The zero-order chi connectivity index (χ0) is 25.4. The average molecular weight is 566 g/mol. The summed E-state index contributed by atoms with van der Waals surface area (Å²) < 4.78 is 36.1. The molecule has 0 bridgehead atoms. The van der Waals surface area contributed by atoms with Gasteiger partial charge in [-0.05, 0) is 51.0 Å². The largest absolute Gasteiger partial charge is 0.492 e. The predicted octanol–water partition coefficient (Wildman–Crippen LogP) is 4.94. The maximum Gasteiger partial charge on any atom is 0.252 e. The number of sulfonamides is 1. The fraction of sp³-hybridized carbons (Fsp3) is 0.348. The molecule has 0 aliphatic carbocycles. The molecule has 0 unspecified atom stereocenters. The van der Waals surface area contributed by atoms with E-state index in [9.17, 15) is 13.2 Å². The summed E-state index contributed by atoms with van der Waals surface area (Å²) >= 11 is 8.41. The molecule has 190 valence electrons. The van der Waals surface area contributed by atoms with Crippen molar-refractivity contribution in [1.82, 2.24) is 19.1 Å². The third-order valence-electron chi connectivity index (χ3n) is 5.90. The molecule has 36 heavy (non-hydrogen) atoms. The van der Waals surface area contributed by atoms with E-state index in [4.69, 9.17) is 21.3 Å². The van der Waals surface area contributed by atoms with Gasteiger partial charge in [0.2, 0.25) is 11.0 Å². The average Bonchev–Trinajstić information content (AvgIpc) is 3.58. The van der Waals surface area contributed by atoms with Gasteiger partial charge < -0.3 is 10.1 Å². The number of thiophene rings is 1. The number of aryl methyl sites for hydroxylation is 1. The Hall–Kier alpha value is -2.51. The molecule has 1 aromatic carbocycles. The second kappa shape index (κ2) is 10.1. The maximum absolute atomic E-state index is 13.1. The molecule has 3 aromatic heterocycles. The van der Waals surface area contributed by atoms with E-state index in [1.807, 2.05) is 32.0 Å². The lowest BCUT2D eigenvalue weighted by Gasteiger charge is -2.30. The van der Waals surface area contributed by atoms with Crippen LogP contribution in [0.2, 0.25) is 4.34 Å². The summed E-state index contributed by atoms with van der Waals surface area (Å²) in [5.41, 5.74) is 1.50. The number of halogens is 1. The quantitative estimate of drug-likeness (QED) is 0.340. The first kappa shape index (κ1) is 25.2. The minimum atomic E-state index is -3.60. The van der Waals surface area contributed by atoms with Crippen LogP contribution in [0.15, 0.2) is 40.6 Å². The molecule has 1 saturated heterocycles. The highest BCUT2D eigenvalue weighted by molar-refractivity contribution is 7.91. The molecular formula is C23H24ClN5O4S3. The molecule has 1 aliphatic heterocycles. The van der Waals surface area contributed by atoms with Crippen LogP contribution in [0.1, 0.15) is 25.5 Å². The van der Waals surface area contributed by atoms with Gasteiger partial charge in [-0.2, -0.15) is 14.1 Å². The number of ether oxygens (including phenoxy) is 1. The van der Waals surface area contributed by atoms with Crippen LogP contribution in [0.5, 0.6) is 5.75 Å². The lowest BCUT2D eigenvalue weighted by atomic mass is 9.97. The number of piperidine rings is 1. The van der Waals surface area contributed by atoms with Gasteiger partial charge in [-0.1, -0.05) is 29.0 Å². The third kappa shape index (κ3) is 4.88. The Morgan fingerprint density at radius 3 is 2.69 bits per heavy atom. The molecule has 4 aromatic rings. The van der Waals surface area contributed by atoms with Crippen molar-refractivity contribution in [2.75, 3.05) is 25.0 Å². The Balaban J connectivity index is 1.30. The lowest BCUT2D eigenvalue weighted by Crippen LogP contribution is -2.41. The van der Waals surface area contributed by atoms with Gasteiger partial charge in [0, 0.05) is 25.1 Å². The van der Waals surface area contributed by atoms with Gasteiger partial charge in [0.15, 0.2) is 0 Å². The molecule has 1 fully saturated rings. The van der Waals surface area contributed by atoms with Crippen LogP contribution in [0.4, 0.5) is 5.82 Å². The summed E-state index contributed by atoms with van der Waals surface area (Å²) in [6.45, 7) is 4.85. The Bertz CT molecular complexity index is 1520. The van der Waals surface area contributed by atoms with Crippen molar-refractivity contribution >= 4 is 66.2 Å². The number of rotatable bonds is 7. The van der Waals surface area contributed by atoms with E-state index in [1.165, 1.54) is 21.7 Å². The number of nitrogens with zero attached hydrogens (tertiary/aromatic N) is 4. The minimum absolute atomic E-state index is 0.163. The summed E-state index contributed by atoms with van der Waals surface area (Å²) in [4.78, 5) is 17.9. The summed E-state index contributed by atoms with van der Waals surface area (Å²) in [5.74, 6) is 0.756. The monoisotopic (exact) mass is 565 g/mol. The second-order valence-corrected chi connectivity index (χ2v) is 13.2. The van der Waals surface area contributed by atoms with E-state index in [-0.39, 0.29) is 29.1 Å². The van der Waals surface area contributed by atoms with Crippen molar-refractivity contribution in [3.8, 4) is 10.9 Å². The Labute approximate surface area is 221 Å². The predicted molar refractivity (Wildman–Crippen MR) is 142 cm³/mol. The Kier molecular flexibility index (Phi) is 7.05. The zero-order valence-corrected chi connectivity index (χ0v) is 22.8. The first-order chi connectivity index (χ1) is 17.3. The van der Waals surface area contributed by atoms with Crippen LogP contribution >= 0.6 is 34.3 Å². The van der Waals surface area contributed by atoms with Gasteiger partial charge in [0.1, 0.15) is 21.3 Å². The van der Waals surface area contributed by atoms with E-state index in [0.717, 1.165) is 27.2 Å². The number of carbonyl (C=O) groups is 1. The van der Waals surface area contributed by atoms with Crippen LogP contribution in [-0.4, -0.2) is 53.1 Å². The molecule has 9 nitrogen and oxygen atoms in total. The van der Waals surface area contributed by atoms with Crippen LogP contribution < -0.4 is 10.1 Å². The highest BCUT2D eigenvalue weighted by Gasteiger charge is 2.33. The number of benzene rings is 1. The van der Waals surface area contributed by atoms with Crippen LogP contribution in [0.3, 0.4) is 0 Å². The standard InChI is InChI=1S/C23H24ClN5O4S3/c1-3-33-16-5-4-6-17-21(16)26-23(34-17)29-19(13-14(2)27-29)25-22(30)15-9-11-28(12-10-15)36(31,32)20-8-7-18(24)35-20/h4-8,13,15H,3,9-12H2,1-2H3,(H,25,30). The van der Waals surface area contributed by atoms with Gasteiger partial charge in [-0.25, -0.2) is 13.4 Å². The highest BCUT2D eigenvalue weighted by Crippen LogP contribution is 2.34. The molecule has 0 saturated carbocycles. The van der Waals surface area contributed by atoms with Crippen molar-refractivity contribution in [2.45, 2.75) is 30.9 Å². The Morgan fingerprint density at radius 1 is 1.22 bits per heavy atom. The molecular weight excluding hydrogens is 542 g/mol. The van der Waals surface area contributed by atoms with E-state index >= 15 is 0 Å². The van der Waals surface area contributed by atoms with E-state index in [0.29, 0.717) is 40.5 Å². The minimum Gasteiger partial charge on any atom is -0.492 e. The van der Waals surface area contributed by atoms with Gasteiger partial charge in [-0.3, -0.25) is 4.79 Å². The number of nitrogens with one attached hydrogen (secondary N) is 1. The molecule has 1 amide bonds. The topological polar surface area (TPSA) is 106 Å². The number of carbonyl (C=O) groups excluding carboxylic acids is 1. The van der Waals surface area contributed by atoms with E-state index in [1.54, 1.807) is 16.8 Å². The first-order valence-corrected chi connectivity index (χ1v) is 14.9. The number of hydrogen-bond acceptors (Lipinski definition) is 8. The van der Waals surface area contributed by atoms with Crippen LogP contribution in [0.25, 0.3) is 15.3 Å². The number of fused-ring (bicyclic) bond motifs is 1. The number of anilines is 1. The molecule has 1 aliphatic rings. The molecule has 0 radical (unpaired) electrons. The summed E-state index contributed by atoms with van der Waals surface area (Å²) in [5, 5.41) is 8.15. The van der Waals surface area contributed by atoms with Crippen molar-refractivity contribution < 1.29 is 17.9 Å². The van der Waals surface area contributed by atoms with Crippen LogP contribution in [0, 0.1) is 12.8 Å². The molecule has 1 N–H and O–H groups in total. The molecule has 4 heterocycles. The first-order valence-electron chi connectivity index (χ1n) is 11.4. The van der Waals surface area contributed by atoms with Gasteiger partial charge in [0.25, 0.3) is 10.0 Å². The van der Waals surface area contributed by atoms with Crippen molar-refractivity contribution in [2.24, 2.45) is 5.92 Å². The number of aromatic nitrogens is 3. The second-order valence-electron chi connectivity index (χ2n) is 8.34. The van der Waals surface area contributed by atoms with E-state index in [2.05, 4.69) is 10.4 Å². The van der Waals surface area contributed by atoms with Crippen molar-refractivity contribution in [3.63, 3.8) is 0 Å². The fourth-order valence-electron chi connectivity index (χ4n) is 4.16. The van der Waals surface area contributed by atoms with Gasteiger partial charge >= 0.3 is 0 Å². The molecule has 0 atom stereocenters. The van der Waals surface area contributed by atoms with Crippen molar-refractivity contribution in [3.05, 3.63) is 46.4 Å². The van der Waals surface area contributed by atoms with Crippen LogP contribution in [-0.2, 0) is 14.8 Å².